The summed E-state index contributed by atoms with van der Waals surface area (Å²) in [6, 6.07) is 4.97. The number of thiazole rings is 1. The zero-order valence-electron chi connectivity index (χ0n) is 10.3. The SMILES string of the molecule is O=C(O)c1nc(CS(=O)(=O)c2ccccc2[N+](=O)[O-])cs1. The lowest BCUT2D eigenvalue weighted by Crippen LogP contribution is -2.08. The molecule has 0 aliphatic heterocycles. The van der Waals surface area contributed by atoms with E-state index in [-0.39, 0.29) is 10.7 Å². The summed E-state index contributed by atoms with van der Waals surface area (Å²) in [6.07, 6.45) is 0. The molecule has 0 unspecified atom stereocenters. The minimum Gasteiger partial charge on any atom is -0.476 e. The molecule has 2 rings (SSSR count). The predicted octanol–water partition coefficient (Wildman–Crippen LogP) is 1.72. The maximum atomic E-state index is 12.2. The Morgan fingerprint density at radius 2 is 2.05 bits per heavy atom. The summed E-state index contributed by atoms with van der Waals surface area (Å²) >= 11 is 0.795. The van der Waals surface area contributed by atoms with Crippen molar-refractivity contribution >= 4 is 32.8 Å². The Balaban J connectivity index is 2.38. The molecule has 110 valence electrons. The van der Waals surface area contributed by atoms with E-state index in [2.05, 4.69) is 4.98 Å². The summed E-state index contributed by atoms with van der Waals surface area (Å²) in [5, 5.41) is 20.7. The van der Waals surface area contributed by atoms with Gasteiger partial charge < -0.3 is 5.11 Å². The van der Waals surface area contributed by atoms with Crippen LogP contribution in [0.1, 0.15) is 15.5 Å². The third-order valence-electron chi connectivity index (χ3n) is 2.47. The van der Waals surface area contributed by atoms with Crippen LogP contribution in [0.4, 0.5) is 5.69 Å². The Hall–Kier alpha value is -2.33. The maximum absolute atomic E-state index is 12.2. The molecule has 2 aromatic rings. The summed E-state index contributed by atoms with van der Waals surface area (Å²) in [5.41, 5.74) is -0.485. The number of carbonyl (C=O) groups is 1. The highest BCUT2D eigenvalue weighted by molar-refractivity contribution is 7.90. The smallest absolute Gasteiger partial charge is 0.365 e. The summed E-state index contributed by atoms with van der Waals surface area (Å²) in [6.45, 7) is 0. The highest BCUT2D eigenvalue weighted by Crippen LogP contribution is 2.26. The molecule has 0 fully saturated rings. The van der Waals surface area contributed by atoms with E-state index in [1.807, 2.05) is 0 Å². The van der Waals surface area contributed by atoms with Crippen molar-refractivity contribution in [2.45, 2.75) is 10.6 Å². The normalized spacial score (nSPS) is 11.2. The fraction of sp³-hybridized carbons (Fsp3) is 0.0909. The highest BCUT2D eigenvalue weighted by Gasteiger charge is 2.26. The van der Waals surface area contributed by atoms with Gasteiger partial charge in [0.15, 0.2) is 9.84 Å². The van der Waals surface area contributed by atoms with E-state index < -0.39 is 37.1 Å². The lowest BCUT2D eigenvalue weighted by Gasteiger charge is -2.03. The molecular formula is C11H8N2O6S2. The van der Waals surface area contributed by atoms with Crippen LogP contribution in [0.3, 0.4) is 0 Å². The number of hydrogen-bond acceptors (Lipinski definition) is 7. The van der Waals surface area contributed by atoms with E-state index in [0.717, 1.165) is 23.5 Å². The van der Waals surface area contributed by atoms with Gasteiger partial charge in [-0.2, -0.15) is 0 Å². The molecule has 21 heavy (non-hydrogen) atoms. The first-order chi connectivity index (χ1) is 9.81. The summed E-state index contributed by atoms with van der Waals surface area (Å²) in [7, 11) is -3.99. The summed E-state index contributed by atoms with van der Waals surface area (Å²) in [4.78, 5) is 24.0. The number of carboxylic acids is 1. The van der Waals surface area contributed by atoms with Crippen LogP contribution in [0.5, 0.6) is 0 Å². The first kappa shape index (κ1) is 15.1. The highest BCUT2D eigenvalue weighted by atomic mass is 32.2. The van der Waals surface area contributed by atoms with Crippen molar-refractivity contribution < 1.29 is 23.2 Å². The van der Waals surface area contributed by atoms with Crippen LogP contribution >= 0.6 is 11.3 Å². The fourth-order valence-electron chi connectivity index (χ4n) is 1.61. The van der Waals surface area contributed by atoms with Gasteiger partial charge in [-0.15, -0.1) is 11.3 Å². The number of rotatable bonds is 5. The topological polar surface area (TPSA) is 127 Å². The van der Waals surface area contributed by atoms with Gasteiger partial charge in [-0.1, -0.05) is 12.1 Å². The molecule has 0 aliphatic rings. The van der Waals surface area contributed by atoms with Gasteiger partial charge in [0.25, 0.3) is 5.69 Å². The van der Waals surface area contributed by atoms with Gasteiger partial charge in [0.05, 0.1) is 16.4 Å². The first-order valence-electron chi connectivity index (χ1n) is 5.45. The molecule has 0 bridgehead atoms. The molecule has 0 aliphatic carbocycles. The van der Waals surface area contributed by atoms with Crippen molar-refractivity contribution in [1.82, 2.24) is 4.98 Å². The van der Waals surface area contributed by atoms with E-state index in [9.17, 15) is 23.3 Å². The molecule has 8 nitrogen and oxygen atoms in total. The Labute approximate surface area is 122 Å². The summed E-state index contributed by atoms with van der Waals surface area (Å²) in [5.74, 6) is -1.85. The van der Waals surface area contributed by atoms with Crippen LogP contribution in [-0.2, 0) is 15.6 Å². The van der Waals surface area contributed by atoms with E-state index in [0.29, 0.717) is 0 Å². The molecule has 0 amide bonds. The van der Waals surface area contributed by atoms with E-state index in [4.69, 9.17) is 5.11 Å². The van der Waals surface area contributed by atoms with E-state index >= 15 is 0 Å². The third kappa shape index (κ3) is 3.23. The molecule has 1 aromatic carbocycles. The molecule has 10 heteroatoms. The number of nitro benzene ring substituents is 1. The quantitative estimate of drug-likeness (QED) is 0.653. The van der Waals surface area contributed by atoms with Gasteiger partial charge in [0.2, 0.25) is 5.01 Å². The molecule has 1 N–H and O–H groups in total. The first-order valence-corrected chi connectivity index (χ1v) is 7.98. The predicted molar refractivity (Wildman–Crippen MR) is 73.1 cm³/mol. The summed E-state index contributed by atoms with van der Waals surface area (Å²) < 4.78 is 24.4. The van der Waals surface area contributed by atoms with Crippen molar-refractivity contribution in [3.63, 3.8) is 0 Å². The molecule has 1 heterocycles. The van der Waals surface area contributed by atoms with Crippen LogP contribution < -0.4 is 0 Å². The number of benzene rings is 1. The van der Waals surface area contributed by atoms with E-state index in [1.54, 1.807) is 0 Å². The standard InChI is InChI=1S/C11H8N2O6S2/c14-11(15)10-12-7(5-20-10)6-21(18,19)9-4-2-1-3-8(9)13(16)17/h1-5H,6H2,(H,14,15). The van der Waals surface area contributed by atoms with Crippen molar-refractivity contribution in [3.8, 4) is 0 Å². The minimum atomic E-state index is -3.99. The zero-order valence-corrected chi connectivity index (χ0v) is 11.9. The van der Waals surface area contributed by atoms with Crippen LogP contribution in [0.25, 0.3) is 0 Å². The lowest BCUT2D eigenvalue weighted by molar-refractivity contribution is -0.387. The molecule has 0 saturated heterocycles. The number of carboxylic acid groups (broad SMARTS) is 1. The van der Waals surface area contributed by atoms with Crippen molar-refractivity contribution in [2.24, 2.45) is 0 Å². The maximum Gasteiger partial charge on any atom is 0.365 e. The zero-order chi connectivity index (χ0) is 15.6. The van der Waals surface area contributed by atoms with Gasteiger partial charge in [0, 0.05) is 11.4 Å². The van der Waals surface area contributed by atoms with Gasteiger partial charge in [0.1, 0.15) is 4.90 Å². The Bertz CT molecular complexity index is 812. The number of nitro groups is 1. The van der Waals surface area contributed by atoms with Crippen molar-refractivity contribution in [2.75, 3.05) is 0 Å². The Kier molecular flexibility index (Phi) is 4.00. The Morgan fingerprint density at radius 1 is 1.38 bits per heavy atom. The van der Waals surface area contributed by atoms with Gasteiger partial charge >= 0.3 is 5.97 Å². The fourth-order valence-corrected chi connectivity index (χ4v) is 3.81. The molecular weight excluding hydrogens is 320 g/mol. The second kappa shape index (κ2) is 5.58. The third-order valence-corrected chi connectivity index (χ3v) is 5.04. The van der Waals surface area contributed by atoms with Gasteiger partial charge in [-0.25, -0.2) is 18.2 Å². The number of sulfone groups is 1. The average Bonchev–Trinajstić information content (AvgIpc) is 2.86. The number of para-hydroxylation sites is 1. The van der Waals surface area contributed by atoms with Crippen LogP contribution in [0.2, 0.25) is 0 Å². The number of aromatic carboxylic acids is 1. The molecule has 0 atom stereocenters. The lowest BCUT2D eigenvalue weighted by atomic mass is 10.3. The molecule has 0 radical (unpaired) electrons. The van der Waals surface area contributed by atoms with E-state index in [1.165, 1.54) is 17.5 Å². The second-order valence-corrected chi connectivity index (χ2v) is 6.75. The van der Waals surface area contributed by atoms with Crippen molar-refractivity contribution in [3.05, 3.63) is 50.5 Å². The number of nitrogens with zero attached hydrogens (tertiary/aromatic N) is 2. The largest absolute Gasteiger partial charge is 0.476 e. The molecule has 0 saturated carbocycles. The second-order valence-electron chi connectivity index (χ2n) is 3.93. The van der Waals surface area contributed by atoms with Crippen LogP contribution in [0.15, 0.2) is 34.5 Å². The van der Waals surface area contributed by atoms with Crippen molar-refractivity contribution in [1.29, 1.82) is 0 Å². The van der Waals surface area contributed by atoms with Gasteiger partial charge in [-0.05, 0) is 6.07 Å². The number of hydrogen-bond donors (Lipinski definition) is 1. The van der Waals surface area contributed by atoms with Crippen LogP contribution in [0, 0.1) is 10.1 Å². The minimum absolute atomic E-state index is 0.0375. The van der Waals surface area contributed by atoms with Crippen LogP contribution in [-0.4, -0.2) is 29.4 Å². The van der Waals surface area contributed by atoms with Gasteiger partial charge in [-0.3, -0.25) is 10.1 Å². The molecule has 1 aromatic heterocycles. The molecule has 0 spiro atoms. The number of aromatic nitrogens is 1. The average molecular weight is 328 g/mol. The Morgan fingerprint density at radius 3 is 2.62 bits per heavy atom. The monoisotopic (exact) mass is 328 g/mol.